The maximum Gasteiger partial charge on any atom is 0.326 e. The number of hydrogen-bond acceptors (Lipinski definition) is 1. The number of nitrogens with zero attached hydrogens (tertiary/aromatic N) is 1. The number of aromatic nitrogens is 2. The first-order valence-corrected chi connectivity index (χ1v) is 11.6. The van der Waals surface area contributed by atoms with Crippen molar-refractivity contribution in [2.45, 2.75) is 76.2 Å². The molecule has 29 heavy (non-hydrogen) atoms. The summed E-state index contributed by atoms with van der Waals surface area (Å²) in [6.07, 6.45) is 12.7. The van der Waals surface area contributed by atoms with Crippen molar-refractivity contribution in [1.29, 1.82) is 0 Å². The van der Waals surface area contributed by atoms with Crippen LogP contribution in [0.2, 0.25) is 0 Å². The van der Waals surface area contributed by atoms with Crippen molar-refractivity contribution in [2.24, 2.45) is 5.92 Å². The third-order valence-corrected chi connectivity index (χ3v) is 7.41. The summed E-state index contributed by atoms with van der Waals surface area (Å²) in [6, 6.07) is 17.6. The zero-order chi connectivity index (χ0) is 19.6. The molecule has 0 radical (unpaired) electrons. The van der Waals surface area contributed by atoms with Crippen LogP contribution in [0, 0.1) is 5.92 Å². The van der Waals surface area contributed by atoms with Crippen LogP contribution in [0.5, 0.6) is 0 Å². The predicted octanol–water partition coefficient (Wildman–Crippen LogP) is 6.35. The molecule has 1 saturated carbocycles. The van der Waals surface area contributed by atoms with E-state index >= 15 is 0 Å². The molecule has 0 bridgehead atoms. The largest absolute Gasteiger partial charge is 0.326 e. The van der Waals surface area contributed by atoms with E-state index < -0.39 is 0 Å². The molecule has 3 heteroatoms. The van der Waals surface area contributed by atoms with E-state index in [1.165, 1.54) is 51.4 Å². The Hall–Kier alpha value is -2.29. The summed E-state index contributed by atoms with van der Waals surface area (Å²) in [5.41, 5.74) is 5.31. The fourth-order valence-electron chi connectivity index (χ4n) is 5.96. The third-order valence-electron chi connectivity index (χ3n) is 7.41. The number of aryl methyl sites for hydroxylation is 1. The molecule has 5 rings (SSSR count). The van der Waals surface area contributed by atoms with Crippen molar-refractivity contribution in [3.8, 4) is 0 Å². The minimum Gasteiger partial charge on any atom is -0.306 e. The summed E-state index contributed by atoms with van der Waals surface area (Å²) in [6.45, 7) is 0. The number of para-hydroxylation sites is 2. The molecule has 0 aliphatic heterocycles. The van der Waals surface area contributed by atoms with Crippen molar-refractivity contribution >= 4 is 11.0 Å². The van der Waals surface area contributed by atoms with Crippen LogP contribution in [0.4, 0.5) is 0 Å². The number of benzene rings is 2. The normalized spacial score (nSPS) is 25.3. The lowest BCUT2D eigenvalue weighted by Gasteiger charge is -2.23. The molecule has 1 N–H and O–H groups in total. The fraction of sp³-hybridized carbons (Fsp3) is 0.500. The lowest BCUT2D eigenvalue weighted by atomic mass is 9.82. The van der Waals surface area contributed by atoms with Crippen molar-refractivity contribution in [2.75, 3.05) is 0 Å². The molecular formula is C26H32N2O. The highest BCUT2D eigenvalue weighted by molar-refractivity contribution is 5.75. The Morgan fingerprint density at radius 2 is 1.72 bits per heavy atom. The molecule has 3 nitrogen and oxygen atoms in total. The minimum atomic E-state index is 0.0624. The lowest BCUT2D eigenvalue weighted by Crippen LogP contribution is -2.22. The third kappa shape index (κ3) is 3.80. The van der Waals surface area contributed by atoms with Crippen molar-refractivity contribution in [3.63, 3.8) is 0 Å². The van der Waals surface area contributed by atoms with E-state index in [9.17, 15) is 4.79 Å². The van der Waals surface area contributed by atoms with Crippen LogP contribution in [0.25, 0.3) is 11.0 Å². The van der Waals surface area contributed by atoms with Crippen LogP contribution in [-0.4, -0.2) is 9.55 Å². The smallest absolute Gasteiger partial charge is 0.306 e. The van der Waals surface area contributed by atoms with E-state index in [1.54, 1.807) is 11.1 Å². The van der Waals surface area contributed by atoms with Gasteiger partial charge in [-0.05, 0) is 80.0 Å². The second-order valence-electron chi connectivity index (χ2n) is 9.22. The Morgan fingerprint density at radius 1 is 0.862 bits per heavy atom. The number of imidazole rings is 1. The van der Waals surface area contributed by atoms with E-state index in [0.29, 0.717) is 6.04 Å². The Balaban J connectivity index is 1.32. The summed E-state index contributed by atoms with van der Waals surface area (Å²) >= 11 is 0. The molecule has 2 aliphatic rings. The van der Waals surface area contributed by atoms with Gasteiger partial charge in [-0.25, -0.2) is 4.79 Å². The summed E-state index contributed by atoms with van der Waals surface area (Å²) in [5.74, 6) is 1.52. The van der Waals surface area contributed by atoms with Gasteiger partial charge in [0.25, 0.3) is 0 Å². The Kier molecular flexibility index (Phi) is 5.30. The number of rotatable bonds is 3. The van der Waals surface area contributed by atoms with Crippen molar-refractivity contribution in [1.82, 2.24) is 9.55 Å². The molecular weight excluding hydrogens is 356 g/mol. The first-order valence-electron chi connectivity index (χ1n) is 11.6. The molecule has 0 spiro atoms. The van der Waals surface area contributed by atoms with Crippen LogP contribution < -0.4 is 5.69 Å². The molecule has 3 aromatic rings. The van der Waals surface area contributed by atoms with Gasteiger partial charge in [-0.3, -0.25) is 4.57 Å². The van der Waals surface area contributed by atoms with Gasteiger partial charge in [-0.15, -0.1) is 0 Å². The molecule has 2 aliphatic carbocycles. The maximum absolute atomic E-state index is 12.6. The van der Waals surface area contributed by atoms with Gasteiger partial charge in [0.2, 0.25) is 0 Å². The molecule has 0 amide bonds. The zero-order valence-corrected chi connectivity index (χ0v) is 17.3. The van der Waals surface area contributed by atoms with Crippen LogP contribution in [-0.2, 0) is 6.42 Å². The van der Waals surface area contributed by atoms with Crippen molar-refractivity contribution in [3.05, 3.63) is 70.1 Å². The fourth-order valence-corrected chi connectivity index (χ4v) is 5.96. The van der Waals surface area contributed by atoms with E-state index in [4.69, 9.17) is 0 Å². The van der Waals surface area contributed by atoms with Crippen LogP contribution in [0.1, 0.15) is 80.9 Å². The molecule has 0 saturated heterocycles. The van der Waals surface area contributed by atoms with Crippen LogP contribution >= 0.6 is 0 Å². The van der Waals surface area contributed by atoms with E-state index in [0.717, 1.165) is 35.7 Å². The Bertz CT molecular complexity index is 1030. The SMILES string of the molecule is O=c1[nH]c2ccccc2n1C1CCC[C@@H](CC2CCCCc3ccccc32)CC1. The first-order chi connectivity index (χ1) is 14.3. The monoisotopic (exact) mass is 388 g/mol. The average Bonchev–Trinajstić information content (AvgIpc) is 2.89. The number of nitrogens with one attached hydrogen (secondary N) is 1. The van der Waals surface area contributed by atoms with Crippen LogP contribution in [0.15, 0.2) is 53.3 Å². The Labute approximate surface area is 173 Å². The summed E-state index contributed by atoms with van der Waals surface area (Å²) in [7, 11) is 0. The first kappa shape index (κ1) is 18.7. The molecule has 3 atom stereocenters. The predicted molar refractivity (Wildman–Crippen MR) is 120 cm³/mol. The highest BCUT2D eigenvalue weighted by atomic mass is 16.1. The van der Waals surface area contributed by atoms with Gasteiger partial charge in [0, 0.05) is 6.04 Å². The maximum atomic E-state index is 12.6. The van der Waals surface area contributed by atoms with Crippen LogP contribution in [0.3, 0.4) is 0 Å². The second kappa shape index (κ2) is 8.22. The Morgan fingerprint density at radius 3 is 2.69 bits per heavy atom. The molecule has 1 heterocycles. The summed E-state index contributed by atoms with van der Waals surface area (Å²) in [4.78, 5) is 15.7. The standard InChI is InChI=1S/C26H32N2O/c29-26-27-24-14-5-6-15-25(24)28(26)22-12-7-8-19(16-17-22)18-21-11-2-1-9-20-10-3-4-13-23(20)21/h3-6,10,13-15,19,21-22H,1-2,7-9,11-12,16-18H2,(H,27,29)/t19-,21?,22?/m1/s1. The number of aromatic amines is 1. The zero-order valence-electron chi connectivity index (χ0n) is 17.3. The molecule has 2 aromatic carbocycles. The van der Waals surface area contributed by atoms with Gasteiger partial charge in [-0.1, -0.05) is 55.7 Å². The molecule has 2 unspecified atom stereocenters. The van der Waals surface area contributed by atoms with Gasteiger partial charge in [0.1, 0.15) is 0 Å². The second-order valence-corrected chi connectivity index (χ2v) is 9.22. The van der Waals surface area contributed by atoms with Gasteiger partial charge >= 0.3 is 5.69 Å². The molecule has 1 fully saturated rings. The van der Waals surface area contributed by atoms with E-state index in [2.05, 4.69) is 35.3 Å². The van der Waals surface area contributed by atoms with Gasteiger partial charge in [0.05, 0.1) is 11.0 Å². The number of hydrogen-bond donors (Lipinski definition) is 1. The number of fused-ring (bicyclic) bond motifs is 2. The van der Waals surface area contributed by atoms with Gasteiger partial charge < -0.3 is 4.98 Å². The topological polar surface area (TPSA) is 37.8 Å². The average molecular weight is 389 g/mol. The van der Waals surface area contributed by atoms with E-state index in [-0.39, 0.29) is 5.69 Å². The lowest BCUT2D eigenvalue weighted by molar-refractivity contribution is 0.368. The highest BCUT2D eigenvalue weighted by Crippen LogP contribution is 2.40. The number of H-pyrrole nitrogens is 1. The van der Waals surface area contributed by atoms with Crippen molar-refractivity contribution < 1.29 is 0 Å². The molecule has 1 aromatic heterocycles. The van der Waals surface area contributed by atoms with Gasteiger partial charge in [0.15, 0.2) is 0 Å². The molecule has 152 valence electrons. The highest BCUT2D eigenvalue weighted by Gasteiger charge is 2.26. The summed E-state index contributed by atoms with van der Waals surface area (Å²) < 4.78 is 2.04. The minimum absolute atomic E-state index is 0.0624. The van der Waals surface area contributed by atoms with E-state index in [1.807, 2.05) is 22.8 Å². The van der Waals surface area contributed by atoms with Gasteiger partial charge in [-0.2, -0.15) is 0 Å². The quantitative estimate of drug-likeness (QED) is 0.412. The summed E-state index contributed by atoms with van der Waals surface area (Å²) in [5, 5.41) is 0.